The van der Waals surface area contributed by atoms with Crippen LogP contribution in [-0.2, 0) is 16.9 Å². The van der Waals surface area contributed by atoms with E-state index in [4.69, 9.17) is 17.3 Å². The summed E-state index contributed by atoms with van der Waals surface area (Å²) in [5.74, 6) is -0.0129. The van der Waals surface area contributed by atoms with Crippen LogP contribution >= 0.6 is 11.6 Å². The molecule has 1 saturated heterocycles. The summed E-state index contributed by atoms with van der Waals surface area (Å²) in [7, 11) is 0. The van der Waals surface area contributed by atoms with Crippen LogP contribution in [0.1, 0.15) is 18.1 Å². The van der Waals surface area contributed by atoms with E-state index in [-0.39, 0.29) is 5.91 Å². The molecule has 2 N–H and O–H groups in total. The Balaban J connectivity index is 1.59. The molecule has 1 aliphatic heterocycles. The van der Waals surface area contributed by atoms with Crippen LogP contribution in [0.5, 0.6) is 0 Å². The molecule has 1 aliphatic rings. The molecule has 1 atom stereocenters. The zero-order chi connectivity index (χ0) is 17.9. The molecule has 1 unspecified atom stereocenters. The first kappa shape index (κ1) is 17.9. The number of amides is 1. The summed E-state index contributed by atoms with van der Waals surface area (Å²) in [4.78, 5) is 17.1. The summed E-state index contributed by atoms with van der Waals surface area (Å²) in [5.41, 5.74) is 7.42. The van der Waals surface area contributed by atoms with Gasteiger partial charge in [-0.1, -0.05) is 54.1 Å². The van der Waals surface area contributed by atoms with Gasteiger partial charge in [-0.3, -0.25) is 9.69 Å². The number of halogens is 1. The molecule has 1 fully saturated rings. The van der Waals surface area contributed by atoms with Crippen LogP contribution in [0, 0.1) is 0 Å². The van der Waals surface area contributed by atoms with Crippen LogP contribution in [-0.4, -0.2) is 41.9 Å². The summed E-state index contributed by atoms with van der Waals surface area (Å²) >= 11 is 6.05. The molecule has 1 heterocycles. The fraction of sp³-hybridized carbons (Fsp3) is 0.350. The maximum atomic E-state index is 12.9. The van der Waals surface area contributed by atoms with Gasteiger partial charge >= 0.3 is 0 Å². The first-order chi connectivity index (χ1) is 12.0. The van der Waals surface area contributed by atoms with Gasteiger partial charge < -0.3 is 10.6 Å². The van der Waals surface area contributed by atoms with Gasteiger partial charge in [-0.25, -0.2) is 0 Å². The number of benzene rings is 2. The fourth-order valence-corrected chi connectivity index (χ4v) is 3.45. The van der Waals surface area contributed by atoms with Crippen LogP contribution in [0.4, 0.5) is 0 Å². The van der Waals surface area contributed by atoms with Crippen LogP contribution in [0.3, 0.4) is 0 Å². The number of piperazine rings is 1. The summed E-state index contributed by atoms with van der Waals surface area (Å²) in [6.45, 7) is 5.70. The molecular formula is C20H24ClN3O. The van der Waals surface area contributed by atoms with E-state index in [2.05, 4.69) is 11.0 Å². The lowest BCUT2D eigenvalue weighted by Crippen LogP contribution is -2.56. The van der Waals surface area contributed by atoms with Crippen molar-refractivity contribution in [1.29, 1.82) is 0 Å². The number of rotatable bonds is 4. The summed E-state index contributed by atoms with van der Waals surface area (Å²) in [6.07, 6.45) is 0. The predicted octanol–water partition coefficient (Wildman–Crippen LogP) is 2.86. The minimum Gasteiger partial charge on any atom is -0.338 e. The molecule has 2 aromatic rings. The maximum Gasteiger partial charge on any atom is 0.247 e. The van der Waals surface area contributed by atoms with Crippen LogP contribution in [0.15, 0.2) is 54.6 Å². The lowest BCUT2D eigenvalue weighted by molar-refractivity contribution is -0.138. The van der Waals surface area contributed by atoms with Gasteiger partial charge in [0.25, 0.3) is 0 Å². The molecule has 132 valence electrons. The van der Waals surface area contributed by atoms with E-state index in [9.17, 15) is 4.79 Å². The molecule has 0 spiro atoms. The first-order valence-electron chi connectivity index (χ1n) is 8.57. The Bertz CT molecular complexity index is 725. The normalized spacial score (nSPS) is 18.0. The third-order valence-corrected chi connectivity index (χ3v) is 5.01. The molecule has 1 amide bonds. The monoisotopic (exact) mass is 357 g/mol. The average Bonchev–Trinajstić information content (AvgIpc) is 2.62. The molecule has 0 saturated carbocycles. The molecule has 0 aliphatic carbocycles. The smallest absolute Gasteiger partial charge is 0.247 e. The van der Waals surface area contributed by atoms with E-state index in [0.717, 1.165) is 30.2 Å². The number of hydrogen-bond acceptors (Lipinski definition) is 3. The molecule has 4 nitrogen and oxygen atoms in total. The summed E-state index contributed by atoms with van der Waals surface area (Å²) in [6, 6.07) is 17.5. The molecular weight excluding hydrogens is 334 g/mol. The van der Waals surface area contributed by atoms with Crippen molar-refractivity contribution < 1.29 is 4.79 Å². The summed E-state index contributed by atoms with van der Waals surface area (Å²) in [5, 5.41) is 0.757. The number of carbonyl (C=O) groups excluding carboxylic acids is 1. The highest BCUT2D eigenvalue weighted by Gasteiger charge is 2.35. The van der Waals surface area contributed by atoms with Crippen molar-refractivity contribution in [2.75, 3.05) is 26.2 Å². The lowest BCUT2D eigenvalue weighted by Gasteiger charge is -2.38. The van der Waals surface area contributed by atoms with E-state index in [0.29, 0.717) is 13.1 Å². The van der Waals surface area contributed by atoms with Gasteiger partial charge in [0.15, 0.2) is 0 Å². The van der Waals surface area contributed by atoms with Crippen molar-refractivity contribution in [3.05, 3.63) is 70.7 Å². The van der Waals surface area contributed by atoms with Gasteiger partial charge in [-0.05, 0) is 30.2 Å². The molecule has 25 heavy (non-hydrogen) atoms. The molecule has 2 aromatic carbocycles. The van der Waals surface area contributed by atoms with E-state index in [1.54, 1.807) is 6.92 Å². The topological polar surface area (TPSA) is 49.6 Å². The zero-order valence-corrected chi connectivity index (χ0v) is 15.2. The van der Waals surface area contributed by atoms with Crippen molar-refractivity contribution in [2.24, 2.45) is 5.73 Å². The van der Waals surface area contributed by atoms with Gasteiger partial charge in [0.2, 0.25) is 5.91 Å². The second-order valence-corrected chi connectivity index (χ2v) is 7.20. The second kappa shape index (κ2) is 7.56. The van der Waals surface area contributed by atoms with Crippen molar-refractivity contribution in [2.45, 2.75) is 19.0 Å². The van der Waals surface area contributed by atoms with Crippen molar-refractivity contribution in [1.82, 2.24) is 9.80 Å². The van der Waals surface area contributed by atoms with Gasteiger partial charge in [-0.2, -0.15) is 0 Å². The van der Waals surface area contributed by atoms with E-state index < -0.39 is 5.54 Å². The fourth-order valence-electron chi connectivity index (χ4n) is 3.24. The minimum atomic E-state index is -0.990. The molecule has 0 bridgehead atoms. The van der Waals surface area contributed by atoms with Crippen molar-refractivity contribution >= 4 is 17.5 Å². The predicted molar refractivity (Wildman–Crippen MR) is 101 cm³/mol. The Kier molecular flexibility index (Phi) is 5.42. The van der Waals surface area contributed by atoms with Crippen molar-refractivity contribution in [3.63, 3.8) is 0 Å². The maximum absolute atomic E-state index is 12.9. The Morgan fingerprint density at radius 3 is 2.40 bits per heavy atom. The van der Waals surface area contributed by atoms with Crippen LogP contribution in [0.2, 0.25) is 5.02 Å². The molecule has 0 radical (unpaired) electrons. The quantitative estimate of drug-likeness (QED) is 0.915. The molecule has 5 heteroatoms. The summed E-state index contributed by atoms with van der Waals surface area (Å²) < 4.78 is 0. The van der Waals surface area contributed by atoms with Crippen LogP contribution < -0.4 is 5.73 Å². The first-order valence-corrected chi connectivity index (χ1v) is 8.95. The minimum absolute atomic E-state index is 0.0129. The Hall–Kier alpha value is -1.88. The number of hydrogen-bond donors (Lipinski definition) is 1. The van der Waals surface area contributed by atoms with E-state index >= 15 is 0 Å². The highest BCUT2D eigenvalue weighted by atomic mass is 35.5. The SMILES string of the molecule is CC(N)(C(=O)N1CCN(Cc2cccc(Cl)c2)CC1)c1ccccc1. The number of nitrogens with zero attached hydrogens (tertiary/aromatic N) is 2. The van der Waals surface area contributed by atoms with Crippen molar-refractivity contribution in [3.8, 4) is 0 Å². The van der Waals surface area contributed by atoms with Gasteiger partial charge in [0.1, 0.15) is 5.54 Å². The molecule has 0 aromatic heterocycles. The standard InChI is InChI=1S/C20H24ClN3O/c1-20(22,17-7-3-2-4-8-17)19(25)24-12-10-23(11-13-24)15-16-6-5-9-18(21)14-16/h2-9,14H,10-13,15,22H2,1H3. The third-order valence-electron chi connectivity index (χ3n) is 4.77. The Morgan fingerprint density at radius 1 is 1.08 bits per heavy atom. The van der Waals surface area contributed by atoms with E-state index in [1.165, 1.54) is 5.56 Å². The average molecular weight is 358 g/mol. The van der Waals surface area contributed by atoms with Gasteiger partial charge in [0.05, 0.1) is 0 Å². The number of nitrogens with two attached hydrogens (primary N) is 1. The van der Waals surface area contributed by atoms with Gasteiger partial charge in [0, 0.05) is 37.7 Å². The largest absolute Gasteiger partial charge is 0.338 e. The highest BCUT2D eigenvalue weighted by Crippen LogP contribution is 2.21. The Morgan fingerprint density at radius 2 is 1.76 bits per heavy atom. The Labute approximate surface area is 154 Å². The third kappa shape index (κ3) is 4.21. The van der Waals surface area contributed by atoms with Crippen LogP contribution in [0.25, 0.3) is 0 Å². The second-order valence-electron chi connectivity index (χ2n) is 6.77. The lowest BCUT2D eigenvalue weighted by atomic mass is 9.91. The number of carbonyl (C=O) groups is 1. The highest BCUT2D eigenvalue weighted by molar-refractivity contribution is 6.30. The van der Waals surface area contributed by atoms with E-state index in [1.807, 2.05) is 53.4 Å². The zero-order valence-electron chi connectivity index (χ0n) is 14.5. The molecule has 3 rings (SSSR count). The van der Waals surface area contributed by atoms with Gasteiger partial charge in [-0.15, -0.1) is 0 Å².